The quantitative estimate of drug-likeness (QED) is 0.290. The van der Waals surface area contributed by atoms with E-state index in [9.17, 15) is 18.4 Å². The molecule has 2 amide bonds. The molecule has 10 nitrogen and oxygen atoms in total. The number of amides is 2. The van der Waals surface area contributed by atoms with Crippen LogP contribution in [0.25, 0.3) is 5.65 Å². The number of nitrogens with zero attached hydrogens (tertiary/aromatic N) is 5. The average Bonchev–Trinajstić information content (AvgIpc) is 3.27. The predicted octanol–water partition coefficient (Wildman–Crippen LogP) is 3.61. The molecule has 1 aliphatic rings. The summed E-state index contributed by atoms with van der Waals surface area (Å²) in [7, 11) is 0. The maximum atomic E-state index is 12.9. The van der Waals surface area contributed by atoms with Crippen LogP contribution in [0.2, 0.25) is 0 Å². The fraction of sp³-hybridized carbons (Fsp3) is 0.292. The molecule has 0 radical (unpaired) electrons. The van der Waals surface area contributed by atoms with Crippen molar-refractivity contribution >= 4 is 35.9 Å². The molecule has 1 saturated heterocycles. The van der Waals surface area contributed by atoms with Crippen LogP contribution in [0.1, 0.15) is 21.6 Å². The van der Waals surface area contributed by atoms with E-state index in [0.29, 0.717) is 35.7 Å². The number of halogens is 2. The second-order valence-corrected chi connectivity index (χ2v) is 8.16. The number of anilines is 1. The number of alkyl halides is 2. The predicted molar refractivity (Wildman–Crippen MR) is 129 cm³/mol. The highest BCUT2D eigenvalue weighted by molar-refractivity contribution is 6.06. The van der Waals surface area contributed by atoms with Crippen molar-refractivity contribution in [2.45, 2.75) is 13.3 Å². The van der Waals surface area contributed by atoms with Crippen LogP contribution in [0.3, 0.4) is 0 Å². The standard InChI is InChI=1S/C24H24F2N6O4/c1-15-6-7-17(9-18(15)29-23(33)19-10-28-21-5-3-4-8-32(19)21)22(27-2)30-36-13-16-11-31(12-16)24(34)35-14-20(25)26/h3-10,16,20H,2,11-14H2,1H3,(H,29,33)/b30-22-. The first-order chi connectivity index (χ1) is 17.4. The van der Waals surface area contributed by atoms with Gasteiger partial charge < -0.3 is 19.8 Å². The van der Waals surface area contributed by atoms with Gasteiger partial charge in [-0.1, -0.05) is 23.4 Å². The third-order valence-electron chi connectivity index (χ3n) is 5.55. The van der Waals surface area contributed by atoms with Gasteiger partial charge in [0.2, 0.25) is 0 Å². The molecule has 1 fully saturated rings. The van der Waals surface area contributed by atoms with Crippen molar-refractivity contribution in [3.05, 3.63) is 65.6 Å². The molecule has 0 saturated carbocycles. The number of ether oxygens (including phenoxy) is 1. The first-order valence-electron chi connectivity index (χ1n) is 11.1. The summed E-state index contributed by atoms with van der Waals surface area (Å²) >= 11 is 0. The first-order valence-corrected chi connectivity index (χ1v) is 11.1. The molecule has 3 heterocycles. The van der Waals surface area contributed by atoms with Gasteiger partial charge in [0, 0.05) is 36.5 Å². The van der Waals surface area contributed by atoms with Crippen molar-refractivity contribution in [2.24, 2.45) is 16.1 Å². The Hall–Kier alpha value is -4.35. The molecule has 1 N–H and O–H groups in total. The zero-order valence-corrected chi connectivity index (χ0v) is 19.4. The lowest BCUT2D eigenvalue weighted by molar-refractivity contribution is -0.00846. The van der Waals surface area contributed by atoms with Gasteiger partial charge in [0.15, 0.2) is 12.4 Å². The molecule has 2 aromatic heterocycles. The minimum absolute atomic E-state index is 0.0164. The van der Waals surface area contributed by atoms with Crippen LogP contribution < -0.4 is 5.32 Å². The number of hydrogen-bond donors (Lipinski definition) is 1. The number of carbonyl (C=O) groups is 2. The van der Waals surface area contributed by atoms with Crippen molar-refractivity contribution in [1.29, 1.82) is 0 Å². The summed E-state index contributed by atoms with van der Waals surface area (Å²) < 4.78 is 30.4. The number of pyridine rings is 1. The maximum Gasteiger partial charge on any atom is 0.409 e. The third-order valence-corrected chi connectivity index (χ3v) is 5.55. The van der Waals surface area contributed by atoms with Gasteiger partial charge in [0.25, 0.3) is 12.3 Å². The van der Waals surface area contributed by atoms with Crippen molar-refractivity contribution in [3.63, 3.8) is 0 Å². The molecule has 0 atom stereocenters. The minimum Gasteiger partial charge on any atom is -0.443 e. The van der Waals surface area contributed by atoms with Gasteiger partial charge in [-0.15, -0.1) is 0 Å². The number of rotatable bonds is 8. The van der Waals surface area contributed by atoms with Gasteiger partial charge in [-0.3, -0.25) is 9.20 Å². The summed E-state index contributed by atoms with van der Waals surface area (Å²) in [4.78, 5) is 39.3. The lowest BCUT2D eigenvalue weighted by Gasteiger charge is -2.37. The topological polar surface area (TPSA) is 110 Å². The zero-order chi connectivity index (χ0) is 25.7. The van der Waals surface area contributed by atoms with E-state index in [1.54, 1.807) is 28.8 Å². The second kappa shape index (κ2) is 10.9. The second-order valence-electron chi connectivity index (χ2n) is 8.16. The van der Waals surface area contributed by atoms with E-state index in [2.05, 4.69) is 31.9 Å². The number of benzene rings is 1. The number of likely N-dealkylation sites (tertiary alicyclic amines) is 1. The van der Waals surface area contributed by atoms with Crippen LogP contribution in [0.4, 0.5) is 19.3 Å². The summed E-state index contributed by atoms with van der Waals surface area (Å²) in [5.74, 6) is -0.123. The number of amidine groups is 1. The molecule has 0 bridgehead atoms. The molecule has 3 aromatic rings. The van der Waals surface area contributed by atoms with Gasteiger partial charge in [0.05, 0.1) is 6.20 Å². The van der Waals surface area contributed by atoms with Crippen LogP contribution in [0, 0.1) is 12.8 Å². The van der Waals surface area contributed by atoms with Crippen molar-refractivity contribution in [2.75, 3.05) is 31.6 Å². The van der Waals surface area contributed by atoms with Gasteiger partial charge in [-0.2, -0.15) is 0 Å². The number of oxime groups is 1. The number of aliphatic imine (C=N–C) groups is 1. The Balaban J connectivity index is 1.35. The summed E-state index contributed by atoms with van der Waals surface area (Å²) in [6.07, 6.45) is -0.204. The molecular formula is C24H24F2N6O4. The molecule has 0 unspecified atom stereocenters. The number of aromatic nitrogens is 2. The Morgan fingerprint density at radius 3 is 2.83 bits per heavy atom. The summed E-state index contributed by atoms with van der Waals surface area (Å²) in [5, 5.41) is 6.93. The molecule has 0 spiro atoms. The SMILES string of the molecule is C=N/C(=N\OCC1CN(C(=O)OCC(F)F)C1)c1ccc(C)c(NC(=O)c2cnc3ccccn23)c1. The molecule has 36 heavy (non-hydrogen) atoms. The molecular weight excluding hydrogens is 474 g/mol. The average molecular weight is 498 g/mol. The number of carbonyl (C=O) groups excluding carboxylic acids is 2. The molecule has 4 rings (SSSR count). The number of nitrogens with one attached hydrogen (secondary N) is 1. The largest absolute Gasteiger partial charge is 0.443 e. The van der Waals surface area contributed by atoms with Crippen LogP contribution in [0.15, 0.2) is 58.9 Å². The Labute approximate surface area is 205 Å². The van der Waals surface area contributed by atoms with Crippen molar-refractivity contribution < 1.29 is 27.9 Å². The van der Waals surface area contributed by atoms with Crippen LogP contribution in [0.5, 0.6) is 0 Å². The maximum absolute atomic E-state index is 12.9. The van der Waals surface area contributed by atoms with Crippen LogP contribution in [-0.4, -0.2) is 71.6 Å². The van der Waals surface area contributed by atoms with Gasteiger partial charge >= 0.3 is 6.09 Å². The summed E-state index contributed by atoms with van der Waals surface area (Å²) in [6.45, 7) is 5.30. The molecule has 188 valence electrons. The summed E-state index contributed by atoms with van der Waals surface area (Å²) in [6, 6.07) is 10.8. The van der Waals surface area contributed by atoms with Crippen LogP contribution in [-0.2, 0) is 9.57 Å². The van der Waals surface area contributed by atoms with E-state index < -0.39 is 19.1 Å². The minimum atomic E-state index is -2.70. The molecule has 1 aromatic carbocycles. The number of aryl methyl sites for hydroxylation is 1. The van der Waals surface area contributed by atoms with E-state index >= 15 is 0 Å². The molecule has 1 aliphatic heterocycles. The number of fused-ring (bicyclic) bond motifs is 1. The van der Waals surface area contributed by atoms with E-state index in [-0.39, 0.29) is 24.3 Å². The van der Waals surface area contributed by atoms with Crippen LogP contribution >= 0.6 is 0 Å². The number of hydrogen-bond acceptors (Lipinski definition) is 6. The Bertz CT molecular complexity index is 1300. The highest BCUT2D eigenvalue weighted by Gasteiger charge is 2.32. The van der Waals surface area contributed by atoms with E-state index in [1.165, 1.54) is 11.1 Å². The third kappa shape index (κ3) is 5.65. The Morgan fingerprint density at radius 2 is 2.08 bits per heavy atom. The van der Waals surface area contributed by atoms with E-state index in [0.717, 1.165) is 5.56 Å². The highest BCUT2D eigenvalue weighted by atomic mass is 19.3. The summed E-state index contributed by atoms with van der Waals surface area (Å²) in [5.41, 5.74) is 3.03. The first kappa shape index (κ1) is 24.8. The Kier molecular flexibility index (Phi) is 7.52. The van der Waals surface area contributed by atoms with E-state index in [4.69, 9.17) is 4.84 Å². The fourth-order valence-electron chi connectivity index (χ4n) is 3.61. The van der Waals surface area contributed by atoms with Gasteiger partial charge in [-0.05, 0) is 37.4 Å². The zero-order valence-electron chi connectivity index (χ0n) is 19.4. The van der Waals surface area contributed by atoms with Gasteiger partial charge in [-0.25, -0.2) is 23.6 Å². The van der Waals surface area contributed by atoms with E-state index in [1.807, 2.05) is 25.1 Å². The monoisotopic (exact) mass is 498 g/mol. The molecule has 0 aliphatic carbocycles. The molecule has 12 heteroatoms. The van der Waals surface area contributed by atoms with Gasteiger partial charge in [0.1, 0.15) is 17.9 Å². The van der Waals surface area contributed by atoms with Crippen molar-refractivity contribution in [3.8, 4) is 0 Å². The Morgan fingerprint density at radius 1 is 1.28 bits per heavy atom. The fourth-order valence-corrected chi connectivity index (χ4v) is 3.61. The number of imidazole rings is 1. The lowest BCUT2D eigenvalue weighted by atomic mass is 10.0. The normalized spacial score (nSPS) is 14.0. The van der Waals surface area contributed by atoms with Crippen molar-refractivity contribution in [1.82, 2.24) is 14.3 Å². The smallest absolute Gasteiger partial charge is 0.409 e. The highest BCUT2D eigenvalue weighted by Crippen LogP contribution is 2.21. The lowest BCUT2D eigenvalue weighted by Crippen LogP contribution is -2.51.